The Hall–Kier alpha value is -2.97. The van der Waals surface area contributed by atoms with Gasteiger partial charge < -0.3 is 19.8 Å². The van der Waals surface area contributed by atoms with Crippen LogP contribution < -0.4 is 5.32 Å². The number of halogens is 1. The maximum absolute atomic E-state index is 13.0. The van der Waals surface area contributed by atoms with Crippen LogP contribution in [0, 0.1) is 5.82 Å². The van der Waals surface area contributed by atoms with E-state index in [2.05, 4.69) is 15.5 Å². The average molecular weight is 362 g/mol. The number of urea groups is 1. The SMILES string of the molecule is O=C(O)CCNC(=O)N1CCCC(c2nc(-c3ccc(F)cc3)no2)C1. The van der Waals surface area contributed by atoms with Crippen LogP contribution in [-0.4, -0.2) is 51.8 Å². The minimum absolute atomic E-state index is 0.0873. The first-order valence-electron chi connectivity index (χ1n) is 8.37. The monoisotopic (exact) mass is 362 g/mol. The van der Waals surface area contributed by atoms with Crippen LogP contribution in [0.25, 0.3) is 11.4 Å². The zero-order chi connectivity index (χ0) is 18.5. The van der Waals surface area contributed by atoms with Crippen molar-refractivity contribution in [2.45, 2.75) is 25.2 Å². The maximum Gasteiger partial charge on any atom is 0.317 e. The van der Waals surface area contributed by atoms with Crippen LogP contribution >= 0.6 is 0 Å². The quantitative estimate of drug-likeness (QED) is 0.844. The summed E-state index contributed by atoms with van der Waals surface area (Å²) in [5.74, 6) is -0.568. The van der Waals surface area contributed by atoms with Crippen LogP contribution in [-0.2, 0) is 4.79 Å². The zero-order valence-corrected chi connectivity index (χ0v) is 14.0. The summed E-state index contributed by atoms with van der Waals surface area (Å²) in [6.07, 6.45) is 1.48. The normalized spacial score (nSPS) is 17.1. The predicted molar refractivity (Wildman–Crippen MR) is 88.9 cm³/mol. The number of likely N-dealkylation sites (tertiary alicyclic amines) is 1. The third-order valence-electron chi connectivity index (χ3n) is 4.22. The summed E-state index contributed by atoms with van der Waals surface area (Å²) in [6.45, 7) is 1.10. The summed E-state index contributed by atoms with van der Waals surface area (Å²) in [7, 11) is 0. The van der Waals surface area contributed by atoms with Gasteiger partial charge in [-0.15, -0.1) is 0 Å². The van der Waals surface area contributed by atoms with E-state index in [0.29, 0.717) is 30.4 Å². The van der Waals surface area contributed by atoms with Gasteiger partial charge in [-0.05, 0) is 37.1 Å². The minimum Gasteiger partial charge on any atom is -0.481 e. The lowest BCUT2D eigenvalue weighted by molar-refractivity contribution is -0.136. The number of rotatable bonds is 5. The molecule has 2 aromatic rings. The Bertz CT molecular complexity index is 777. The van der Waals surface area contributed by atoms with Crippen LogP contribution in [0.4, 0.5) is 9.18 Å². The summed E-state index contributed by atoms with van der Waals surface area (Å²) in [5.41, 5.74) is 0.653. The fraction of sp³-hybridized carbons (Fsp3) is 0.412. The second-order valence-corrected chi connectivity index (χ2v) is 6.12. The molecule has 1 aliphatic heterocycles. The van der Waals surface area contributed by atoms with Crippen LogP contribution in [0.15, 0.2) is 28.8 Å². The molecule has 0 bridgehead atoms. The van der Waals surface area contributed by atoms with Crippen molar-refractivity contribution in [3.8, 4) is 11.4 Å². The predicted octanol–water partition coefficient (Wildman–Crippen LogP) is 2.24. The van der Waals surface area contributed by atoms with E-state index in [1.165, 1.54) is 12.1 Å². The van der Waals surface area contributed by atoms with E-state index in [0.717, 1.165) is 12.8 Å². The maximum atomic E-state index is 13.0. The molecule has 26 heavy (non-hydrogen) atoms. The molecule has 2 amide bonds. The van der Waals surface area contributed by atoms with Crippen molar-refractivity contribution < 1.29 is 23.6 Å². The van der Waals surface area contributed by atoms with E-state index < -0.39 is 5.97 Å². The number of nitrogens with one attached hydrogen (secondary N) is 1. The second kappa shape index (κ2) is 7.94. The number of piperidine rings is 1. The number of aromatic nitrogens is 2. The molecule has 2 N–H and O–H groups in total. The number of carbonyl (C=O) groups is 2. The first-order valence-corrected chi connectivity index (χ1v) is 8.37. The van der Waals surface area contributed by atoms with Crippen molar-refractivity contribution in [3.63, 3.8) is 0 Å². The summed E-state index contributed by atoms with van der Waals surface area (Å²) in [5, 5.41) is 15.2. The molecule has 1 aromatic carbocycles. The van der Waals surface area contributed by atoms with E-state index in [1.807, 2.05) is 0 Å². The van der Waals surface area contributed by atoms with Gasteiger partial charge in [0, 0.05) is 25.2 Å². The van der Waals surface area contributed by atoms with Gasteiger partial charge in [0.05, 0.1) is 12.3 Å². The number of aliphatic carboxylic acids is 1. The molecule has 1 saturated heterocycles. The molecule has 8 nitrogen and oxygen atoms in total. The molecule has 1 aliphatic rings. The van der Waals surface area contributed by atoms with Gasteiger partial charge >= 0.3 is 12.0 Å². The van der Waals surface area contributed by atoms with Gasteiger partial charge in [-0.1, -0.05) is 5.16 Å². The highest BCUT2D eigenvalue weighted by Gasteiger charge is 2.28. The van der Waals surface area contributed by atoms with Gasteiger partial charge in [0.15, 0.2) is 0 Å². The Balaban J connectivity index is 1.62. The topological polar surface area (TPSA) is 109 Å². The van der Waals surface area contributed by atoms with Gasteiger partial charge in [0.25, 0.3) is 0 Å². The number of nitrogens with zero attached hydrogens (tertiary/aromatic N) is 3. The van der Waals surface area contributed by atoms with Crippen molar-refractivity contribution in [1.82, 2.24) is 20.4 Å². The summed E-state index contributed by atoms with van der Waals surface area (Å²) in [4.78, 5) is 28.7. The third-order valence-corrected chi connectivity index (χ3v) is 4.22. The van der Waals surface area contributed by atoms with E-state index in [4.69, 9.17) is 9.63 Å². The van der Waals surface area contributed by atoms with E-state index in [1.54, 1.807) is 17.0 Å². The summed E-state index contributed by atoms with van der Waals surface area (Å²) in [6, 6.07) is 5.51. The van der Waals surface area contributed by atoms with Gasteiger partial charge in [0.2, 0.25) is 11.7 Å². The minimum atomic E-state index is -0.957. The molecule has 138 valence electrons. The molecule has 1 atom stereocenters. The van der Waals surface area contributed by atoms with Gasteiger partial charge in [-0.3, -0.25) is 4.79 Å². The number of carbonyl (C=O) groups excluding carboxylic acids is 1. The summed E-state index contributed by atoms with van der Waals surface area (Å²) < 4.78 is 18.3. The lowest BCUT2D eigenvalue weighted by Gasteiger charge is -2.31. The van der Waals surface area contributed by atoms with Crippen LogP contribution in [0.2, 0.25) is 0 Å². The molecule has 0 aliphatic carbocycles. The molecule has 9 heteroatoms. The van der Waals surface area contributed by atoms with Crippen molar-refractivity contribution in [1.29, 1.82) is 0 Å². The van der Waals surface area contributed by atoms with Gasteiger partial charge in [-0.25, -0.2) is 9.18 Å². The number of carboxylic acid groups (broad SMARTS) is 1. The molecule has 0 radical (unpaired) electrons. The molecule has 0 spiro atoms. The highest BCUT2D eigenvalue weighted by atomic mass is 19.1. The van der Waals surface area contributed by atoms with Crippen molar-refractivity contribution in [2.75, 3.05) is 19.6 Å². The van der Waals surface area contributed by atoms with Gasteiger partial charge in [-0.2, -0.15) is 4.98 Å². The number of hydrogen-bond acceptors (Lipinski definition) is 5. The molecule has 3 rings (SSSR count). The van der Waals surface area contributed by atoms with E-state index in [-0.39, 0.29) is 30.7 Å². The van der Waals surface area contributed by atoms with E-state index in [9.17, 15) is 14.0 Å². The number of amides is 2. The van der Waals surface area contributed by atoms with E-state index >= 15 is 0 Å². The number of carboxylic acids is 1. The Morgan fingerprint density at radius 3 is 2.85 bits per heavy atom. The fourth-order valence-corrected chi connectivity index (χ4v) is 2.87. The number of hydrogen-bond donors (Lipinski definition) is 2. The number of benzene rings is 1. The van der Waals surface area contributed by atoms with Crippen LogP contribution in [0.1, 0.15) is 31.1 Å². The van der Waals surface area contributed by atoms with Crippen molar-refractivity contribution in [2.24, 2.45) is 0 Å². The first-order chi connectivity index (χ1) is 12.5. The molecular weight excluding hydrogens is 343 g/mol. The molecule has 2 heterocycles. The third kappa shape index (κ3) is 4.35. The average Bonchev–Trinajstić information content (AvgIpc) is 3.12. The highest BCUT2D eigenvalue weighted by Crippen LogP contribution is 2.27. The second-order valence-electron chi connectivity index (χ2n) is 6.12. The Labute approximate surface area is 149 Å². The van der Waals surface area contributed by atoms with Crippen molar-refractivity contribution >= 4 is 12.0 Å². The van der Waals surface area contributed by atoms with Crippen LogP contribution in [0.3, 0.4) is 0 Å². The molecule has 1 aromatic heterocycles. The Morgan fingerprint density at radius 1 is 1.35 bits per heavy atom. The summed E-state index contributed by atoms with van der Waals surface area (Å²) >= 11 is 0. The zero-order valence-electron chi connectivity index (χ0n) is 14.0. The lowest BCUT2D eigenvalue weighted by atomic mass is 9.98. The molecule has 1 unspecified atom stereocenters. The first kappa shape index (κ1) is 17.8. The van der Waals surface area contributed by atoms with Gasteiger partial charge in [0.1, 0.15) is 5.82 Å². The Kier molecular flexibility index (Phi) is 5.45. The van der Waals surface area contributed by atoms with Crippen molar-refractivity contribution in [3.05, 3.63) is 36.0 Å². The lowest BCUT2D eigenvalue weighted by Crippen LogP contribution is -2.45. The standard InChI is InChI=1S/C17H19FN4O4/c18-13-5-3-11(4-6-13)15-20-16(26-21-15)12-2-1-9-22(10-12)17(25)19-8-7-14(23)24/h3-6,12H,1-2,7-10H2,(H,19,25)(H,23,24). The Morgan fingerprint density at radius 2 is 2.12 bits per heavy atom. The molecule has 0 saturated carbocycles. The van der Waals surface area contributed by atoms with Crippen LogP contribution in [0.5, 0.6) is 0 Å². The molecular formula is C17H19FN4O4. The fourth-order valence-electron chi connectivity index (χ4n) is 2.87. The largest absolute Gasteiger partial charge is 0.481 e. The molecule has 1 fully saturated rings. The highest BCUT2D eigenvalue weighted by molar-refractivity contribution is 5.75. The smallest absolute Gasteiger partial charge is 0.317 e.